The summed E-state index contributed by atoms with van der Waals surface area (Å²) in [6.07, 6.45) is 14.8. The number of furan rings is 1. The standard InChI is InChI=1S/C48H55N3OSi/c1-29(2)40-27-41-37-17-13-12-16-36(37)38-21-19-35-24-30(3)44-39-20-18-31(4)49-48(39)52-47(44)45(35)42-26-34(25-33-14-10-9-11-15-33)22-23-50(42)32(5)46(38)51(41)28-43(40)53(6,7)8/h12-13,16-18,20,22-24,26-29,33,38,46H,5,9-11,14-15,19,21,25H2,1-4,6-8H3/q+2. The van der Waals surface area contributed by atoms with E-state index in [9.17, 15) is 0 Å². The van der Waals surface area contributed by atoms with Crippen molar-refractivity contribution >= 4 is 41.0 Å². The summed E-state index contributed by atoms with van der Waals surface area (Å²) < 4.78 is 12.0. The summed E-state index contributed by atoms with van der Waals surface area (Å²) in [6, 6.07) is 23.5. The molecular formula is C48H55N3OSi+2. The smallest absolute Gasteiger partial charge is 0.249 e. The van der Waals surface area contributed by atoms with Crippen LogP contribution in [0.4, 0.5) is 0 Å². The van der Waals surface area contributed by atoms with E-state index in [0.717, 1.165) is 53.3 Å². The van der Waals surface area contributed by atoms with Crippen LogP contribution < -0.4 is 14.3 Å². The van der Waals surface area contributed by atoms with E-state index in [0.29, 0.717) is 5.92 Å². The fraction of sp³-hybridized carbons (Fsp3) is 0.396. The van der Waals surface area contributed by atoms with Crippen LogP contribution in [-0.2, 0) is 12.8 Å². The maximum Gasteiger partial charge on any atom is 0.249 e. The molecule has 0 spiro atoms. The molecule has 2 aromatic carbocycles. The van der Waals surface area contributed by atoms with Gasteiger partial charge in [-0.05, 0) is 97.5 Å². The third kappa shape index (κ3) is 5.73. The lowest BCUT2D eigenvalue weighted by Gasteiger charge is -2.32. The van der Waals surface area contributed by atoms with Crippen molar-refractivity contribution in [3.63, 3.8) is 0 Å². The van der Waals surface area contributed by atoms with Crippen LogP contribution >= 0.6 is 0 Å². The first kappa shape index (κ1) is 34.4. The lowest BCUT2D eigenvalue weighted by atomic mass is 9.78. The zero-order valence-electron chi connectivity index (χ0n) is 32.9. The van der Waals surface area contributed by atoms with Gasteiger partial charge in [-0.3, -0.25) is 0 Å². The summed E-state index contributed by atoms with van der Waals surface area (Å²) in [4.78, 5) is 4.89. The molecular weight excluding hydrogens is 663 g/mol. The highest BCUT2D eigenvalue weighted by Gasteiger charge is 2.48. The predicted molar refractivity (Wildman–Crippen MR) is 221 cm³/mol. The minimum Gasteiger partial charge on any atom is -0.437 e. The summed E-state index contributed by atoms with van der Waals surface area (Å²) in [7, 11) is -1.69. The van der Waals surface area contributed by atoms with Crippen molar-refractivity contribution < 1.29 is 13.6 Å². The number of fused-ring (bicyclic) bond motifs is 13. The average Bonchev–Trinajstić information content (AvgIpc) is 3.53. The lowest BCUT2D eigenvalue weighted by Crippen LogP contribution is -2.57. The first-order chi connectivity index (χ1) is 25.5. The van der Waals surface area contributed by atoms with Gasteiger partial charge in [0, 0.05) is 45.4 Å². The molecule has 2 aliphatic heterocycles. The van der Waals surface area contributed by atoms with Gasteiger partial charge in [0.15, 0.2) is 18.0 Å². The monoisotopic (exact) mass is 717 g/mol. The molecule has 0 bridgehead atoms. The average molecular weight is 718 g/mol. The highest BCUT2D eigenvalue weighted by Crippen LogP contribution is 2.47. The largest absolute Gasteiger partial charge is 0.437 e. The van der Waals surface area contributed by atoms with Gasteiger partial charge in [0.25, 0.3) is 0 Å². The normalized spacial score (nSPS) is 18.9. The molecule has 0 saturated heterocycles. The SMILES string of the molecule is C=C1C2C(CCc3cc(C)c4c(oc5nc(C)ccc54)c3-c3cc(CC4CCCCC4)cc[n+]31)c1ccccc1-c1cc(C(C)C)c([Si](C)(C)C)c[n+]12. The summed E-state index contributed by atoms with van der Waals surface area (Å²) in [6.45, 7) is 21.6. The summed E-state index contributed by atoms with van der Waals surface area (Å²) in [5.74, 6) is 1.47. The van der Waals surface area contributed by atoms with E-state index in [1.165, 1.54) is 87.8 Å². The van der Waals surface area contributed by atoms with Gasteiger partial charge in [0.05, 0.1) is 19.6 Å². The van der Waals surface area contributed by atoms with Crippen LogP contribution in [0.5, 0.6) is 0 Å². The second-order valence-corrected chi connectivity index (χ2v) is 22.9. The van der Waals surface area contributed by atoms with Crippen LogP contribution in [-0.4, -0.2) is 13.1 Å². The fourth-order valence-electron chi connectivity index (χ4n) is 10.2. The number of benzene rings is 2. The lowest BCUT2D eigenvalue weighted by molar-refractivity contribution is -0.726. The Morgan fingerprint density at radius 2 is 1.72 bits per heavy atom. The number of aryl methyl sites for hydroxylation is 3. The molecule has 1 fully saturated rings. The van der Waals surface area contributed by atoms with Gasteiger partial charge in [0.1, 0.15) is 0 Å². The number of hydrogen-bond donors (Lipinski definition) is 0. The van der Waals surface area contributed by atoms with Crippen LogP contribution in [0.15, 0.2) is 84.1 Å². The second-order valence-electron chi connectivity index (χ2n) is 17.8. The predicted octanol–water partition coefficient (Wildman–Crippen LogP) is 11.1. The Morgan fingerprint density at radius 3 is 2.49 bits per heavy atom. The van der Waals surface area contributed by atoms with Gasteiger partial charge in [-0.2, -0.15) is 9.13 Å². The van der Waals surface area contributed by atoms with E-state index in [-0.39, 0.29) is 12.0 Å². The Bertz CT molecular complexity index is 2440. The Balaban J connectivity index is 1.33. The van der Waals surface area contributed by atoms with Crippen molar-refractivity contribution in [2.75, 3.05) is 0 Å². The Hall–Kier alpha value is -4.35. The van der Waals surface area contributed by atoms with Crippen LogP contribution in [0.2, 0.25) is 19.6 Å². The topological polar surface area (TPSA) is 33.8 Å². The summed E-state index contributed by atoms with van der Waals surface area (Å²) >= 11 is 0. The van der Waals surface area contributed by atoms with E-state index in [2.05, 4.69) is 123 Å². The highest BCUT2D eigenvalue weighted by molar-refractivity contribution is 6.89. The Morgan fingerprint density at radius 1 is 0.925 bits per heavy atom. The molecule has 1 aliphatic carbocycles. The summed E-state index contributed by atoms with van der Waals surface area (Å²) in [5.41, 5.74) is 15.9. The van der Waals surface area contributed by atoms with Crippen molar-refractivity contribution in [1.29, 1.82) is 0 Å². The fourth-order valence-corrected chi connectivity index (χ4v) is 12.0. The molecule has 4 aromatic heterocycles. The molecule has 4 nitrogen and oxygen atoms in total. The number of aromatic nitrogens is 3. The number of rotatable bonds is 4. The van der Waals surface area contributed by atoms with Crippen LogP contribution in [0, 0.1) is 19.8 Å². The molecule has 5 heteroatoms. The third-order valence-electron chi connectivity index (χ3n) is 12.8. The van der Waals surface area contributed by atoms with Gasteiger partial charge < -0.3 is 4.42 Å². The molecule has 2 unspecified atom stereocenters. The molecule has 0 N–H and O–H groups in total. The maximum absolute atomic E-state index is 6.90. The molecule has 1 saturated carbocycles. The van der Waals surface area contributed by atoms with Gasteiger partial charge in [-0.1, -0.05) is 89.9 Å². The summed E-state index contributed by atoms with van der Waals surface area (Å²) in [5, 5.41) is 3.84. The zero-order chi connectivity index (χ0) is 36.8. The van der Waals surface area contributed by atoms with Crippen LogP contribution in [0.1, 0.15) is 104 Å². The Kier molecular flexibility index (Phi) is 8.38. The van der Waals surface area contributed by atoms with E-state index in [1.54, 1.807) is 5.19 Å². The molecule has 9 rings (SSSR count). The van der Waals surface area contributed by atoms with Crippen molar-refractivity contribution in [2.45, 2.75) is 117 Å². The van der Waals surface area contributed by atoms with E-state index in [1.807, 2.05) is 6.92 Å². The minimum absolute atomic E-state index is 0.0649. The molecule has 6 aromatic rings. The van der Waals surface area contributed by atoms with E-state index in [4.69, 9.17) is 16.0 Å². The first-order valence-electron chi connectivity index (χ1n) is 20.2. The van der Waals surface area contributed by atoms with E-state index >= 15 is 0 Å². The zero-order valence-corrected chi connectivity index (χ0v) is 33.9. The van der Waals surface area contributed by atoms with Gasteiger partial charge >= 0.3 is 0 Å². The van der Waals surface area contributed by atoms with Crippen LogP contribution in [0.25, 0.3) is 50.3 Å². The first-order valence-corrected chi connectivity index (χ1v) is 23.7. The molecule has 2 atom stereocenters. The number of hydrogen-bond acceptors (Lipinski definition) is 2. The van der Waals surface area contributed by atoms with Crippen molar-refractivity contribution in [1.82, 2.24) is 4.98 Å². The molecule has 53 heavy (non-hydrogen) atoms. The molecule has 270 valence electrons. The van der Waals surface area contributed by atoms with Crippen molar-refractivity contribution in [3.05, 3.63) is 113 Å². The third-order valence-corrected chi connectivity index (χ3v) is 14.9. The quantitative estimate of drug-likeness (QED) is 0.134. The minimum atomic E-state index is -1.69. The highest BCUT2D eigenvalue weighted by atomic mass is 28.3. The van der Waals surface area contributed by atoms with Crippen molar-refractivity contribution in [2.24, 2.45) is 5.92 Å². The maximum atomic E-state index is 6.90. The van der Waals surface area contributed by atoms with Gasteiger partial charge in [0.2, 0.25) is 28.8 Å². The molecule has 0 amide bonds. The Labute approximate surface area is 316 Å². The number of allylic oxidation sites excluding steroid dienone is 1. The van der Waals surface area contributed by atoms with Gasteiger partial charge in [-0.25, -0.2) is 4.98 Å². The van der Waals surface area contributed by atoms with E-state index < -0.39 is 8.07 Å². The molecule has 3 aliphatic rings. The number of nitrogens with zero attached hydrogens (tertiary/aromatic N) is 3. The van der Waals surface area contributed by atoms with Gasteiger partial charge in [-0.15, -0.1) is 0 Å². The number of pyridine rings is 3. The second kappa shape index (κ2) is 12.9. The molecule has 6 heterocycles. The van der Waals surface area contributed by atoms with Crippen molar-refractivity contribution in [3.8, 4) is 22.5 Å². The van der Waals surface area contributed by atoms with Crippen LogP contribution in [0.3, 0.4) is 0 Å². The molecule has 0 radical (unpaired) electrons.